The van der Waals surface area contributed by atoms with Gasteiger partial charge in [-0.15, -0.1) is 0 Å². The second-order valence-corrected chi connectivity index (χ2v) is 11.6. The van der Waals surface area contributed by atoms with E-state index in [9.17, 15) is 13.2 Å². The Labute approximate surface area is 216 Å². The van der Waals surface area contributed by atoms with E-state index in [1.807, 2.05) is 18.2 Å². The van der Waals surface area contributed by atoms with Gasteiger partial charge in [0.25, 0.3) is 0 Å². The van der Waals surface area contributed by atoms with Gasteiger partial charge in [0.2, 0.25) is 9.84 Å². The molecule has 10 nitrogen and oxygen atoms in total. The van der Waals surface area contributed by atoms with Crippen molar-refractivity contribution in [3.63, 3.8) is 0 Å². The van der Waals surface area contributed by atoms with Crippen LogP contribution in [0.15, 0.2) is 59.8 Å². The number of carbonyl (C=O) groups is 1. The van der Waals surface area contributed by atoms with Crippen LogP contribution < -0.4 is 15.5 Å². The lowest BCUT2D eigenvalue weighted by atomic mass is 9.81. The highest BCUT2D eigenvalue weighted by atomic mass is 32.2. The summed E-state index contributed by atoms with van der Waals surface area (Å²) in [6.07, 6.45) is 3.22. The van der Waals surface area contributed by atoms with E-state index in [1.54, 1.807) is 37.4 Å². The average molecular weight is 523 g/mol. The number of hydrogen-bond acceptors (Lipinski definition) is 8. The first kappa shape index (κ1) is 25.1. The molecule has 3 aromatic rings. The van der Waals surface area contributed by atoms with E-state index in [0.29, 0.717) is 55.6 Å². The smallest absolute Gasteiger partial charge is 0.318 e. The van der Waals surface area contributed by atoms with Crippen LogP contribution >= 0.6 is 0 Å². The van der Waals surface area contributed by atoms with Crippen molar-refractivity contribution in [2.24, 2.45) is 0 Å². The summed E-state index contributed by atoms with van der Waals surface area (Å²) in [6.45, 7) is 3.83. The van der Waals surface area contributed by atoms with Crippen molar-refractivity contribution in [1.82, 2.24) is 20.3 Å². The Hall–Kier alpha value is -3.57. The number of nitrogens with one attached hydrogen (secondary N) is 2. The lowest BCUT2D eigenvalue weighted by Gasteiger charge is -2.41. The third kappa shape index (κ3) is 4.64. The largest absolute Gasteiger partial charge is 0.377 e. The highest BCUT2D eigenvalue weighted by Crippen LogP contribution is 2.50. The predicted molar refractivity (Wildman–Crippen MR) is 140 cm³/mol. The zero-order valence-electron chi connectivity index (χ0n) is 20.8. The fourth-order valence-corrected chi connectivity index (χ4v) is 6.84. The summed E-state index contributed by atoms with van der Waals surface area (Å²) in [6, 6.07) is 13.7. The number of amides is 2. The molecule has 1 atom stereocenters. The Balaban J connectivity index is 1.61. The minimum atomic E-state index is -3.80. The number of benzene rings is 1. The molecule has 2 aromatic heterocycles. The van der Waals surface area contributed by atoms with Crippen LogP contribution in [0.1, 0.15) is 31.9 Å². The standard InChI is InChI=1S/C26H30N6O4S/c1-18-17-36-15-14-32(18)22-16-21(26(11-5-12-26)37(34,35)23-6-3-4-13-28-23)30-24(31-22)19-7-9-20(10-8-19)29-25(33)27-2/h3-4,6-10,13,16,18H,5,11-12,14-15,17H2,1-2H3,(H2,27,29,33)/t18-/m0/s1. The summed E-state index contributed by atoms with van der Waals surface area (Å²) < 4.78 is 32.3. The Bertz CT molecular complexity index is 1380. The van der Waals surface area contributed by atoms with Crippen LogP contribution in [-0.4, -0.2) is 62.2 Å². The van der Waals surface area contributed by atoms with E-state index in [-0.39, 0.29) is 17.1 Å². The van der Waals surface area contributed by atoms with Crippen molar-refractivity contribution in [3.8, 4) is 11.4 Å². The molecule has 1 aromatic carbocycles. The SMILES string of the molecule is CNC(=O)Nc1ccc(-c2nc(N3CCOC[C@@H]3C)cc(C3(S(=O)(=O)c4ccccn4)CCC3)n2)cc1. The first-order valence-electron chi connectivity index (χ1n) is 12.3. The maximum Gasteiger partial charge on any atom is 0.318 e. The van der Waals surface area contributed by atoms with Crippen molar-refractivity contribution < 1.29 is 17.9 Å². The average Bonchev–Trinajstić information content (AvgIpc) is 2.89. The number of morpholine rings is 1. The summed E-state index contributed by atoms with van der Waals surface area (Å²) in [7, 11) is -2.25. The first-order valence-corrected chi connectivity index (χ1v) is 13.8. The van der Waals surface area contributed by atoms with Gasteiger partial charge >= 0.3 is 6.03 Å². The number of ether oxygens (including phenoxy) is 1. The molecule has 11 heteroatoms. The van der Waals surface area contributed by atoms with Crippen LogP contribution in [0, 0.1) is 0 Å². The van der Waals surface area contributed by atoms with E-state index in [4.69, 9.17) is 14.7 Å². The van der Waals surface area contributed by atoms with Crippen molar-refractivity contribution >= 4 is 27.4 Å². The van der Waals surface area contributed by atoms with Gasteiger partial charge in [0.15, 0.2) is 10.9 Å². The molecule has 0 radical (unpaired) electrons. The lowest BCUT2D eigenvalue weighted by molar-refractivity contribution is 0.0985. The summed E-state index contributed by atoms with van der Waals surface area (Å²) in [5, 5.41) is 5.31. The molecular formula is C26H30N6O4S. The molecule has 2 amide bonds. The summed E-state index contributed by atoms with van der Waals surface area (Å²) in [5.41, 5.74) is 1.82. The van der Waals surface area contributed by atoms with E-state index < -0.39 is 14.6 Å². The molecule has 1 aliphatic heterocycles. The maximum atomic E-state index is 13.9. The molecule has 0 spiro atoms. The summed E-state index contributed by atoms with van der Waals surface area (Å²) in [4.78, 5) is 27.7. The molecule has 1 aliphatic carbocycles. The van der Waals surface area contributed by atoms with Crippen LogP contribution in [0.3, 0.4) is 0 Å². The molecule has 2 N–H and O–H groups in total. The number of nitrogens with zero attached hydrogens (tertiary/aromatic N) is 4. The number of rotatable bonds is 6. The van der Waals surface area contributed by atoms with E-state index in [0.717, 1.165) is 12.0 Å². The summed E-state index contributed by atoms with van der Waals surface area (Å²) >= 11 is 0. The number of anilines is 2. The number of pyridine rings is 1. The molecule has 1 saturated heterocycles. The summed E-state index contributed by atoms with van der Waals surface area (Å²) in [5.74, 6) is 1.10. The van der Waals surface area contributed by atoms with Crippen LogP contribution in [0.4, 0.5) is 16.3 Å². The van der Waals surface area contributed by atoms with Crippen molar-refractivity contribution in [1.29, 1.82) is 0 Å². The van der Waals surface area contributed by atoms with Crippen molar-refractivity contribution in [2.75, 3.05) is 37.0 Å². The second kappa shape index (κ2) is 10.1. The third-order valence-corrected chi connectivity index (χ3v) is 9.50. The van der Waals surface area contributed by atoms with Gasteiger partial charge in [-0.1, -0.05) is 6.07 Å². The number of sulfone groups is 1. The topological polar surface area (TPSA) is 126 Å². The van der Waals surface area contributed by atoms with Crippen LogP contribution in [0.25, 0.3) is 11.4 Å². The van der Waals surface area contributed by atoms with Gasteiger partial charge < -0.3 is 20.3 Å². The predicted octanol–water partition coefficient (Wildman–Crippen LogP) is 3.37. The normalized spacial score (nSPS) is 19.1. The Morgan fingerprint density at radius 1 is 1.14 bits per heavy atom. The van der Waals surface area contributed by atoms with E-state index in [2.05, 4.69) is 27.4 Å². The minimum absolute atomic E-state index is 0.0563. The van der Waals surface area contributed by atoms with Crippen LogP contribution in [-0.2, 0) is 19.3 Å². The third-order valence-electron chi connectivity index (χ3n) is 7.06. The molecule has 3 heterocycles. The van der Waals surface area contributed by atoms with E-state index in [1.165, 1.54) is 6.20 Å². The van der Waals surface area contributed by atoms with Gasteiger partial charge in [0.05, 0.1) is 24.9 Å². The fraction of sp³-hybridized carbons (Fsp3) is 0.385. The van der Waals surface area contributed by atoms with Crippen molar-refractivity contribution in [2.45, 2.75) is 42.0 Å². The van der Waals surface area contributed by atoms with Gasteiger partial charge in [-0.3, -0.25) is 0 Å². The molecule has 0 unspecified atom stereocenters. The van der Waals surface area contributed by atoms with E-state index >= 15 is 0 Å². The monoisotopic (exact) mass is 522 g/mol. The molecule has 37 heavy (non-hydrogen) atoms. The lowest BCUT2D eigenvalue weighted by Crippen LogP contribution is -2.46. The fourth-order valence-electron chi connectivity index (χ4n) is 4.77. The number of carbonyl (C=O) groups excluding carboxylic acids is 1. The Morgan fingerprint density at radius 2 is 1.92 bits per heavy atom. The second-order valence-electron chi connectivity index (χ2n) is 9.35. The highest BCUT2D eigenvalue weighted by molar-refractivity contribution is 7.92. The molecule has 2 fully saturated rings. The van der Waals surface area contributed by atoms with Gasteiger partial charge in [-0.2, -0.15) is 0 Å². The number of urea groups is 1. The van der Waals surface area contributed by atoms with Gasteiger partial charge in [0.1, 0.15) is 10.6 Å². The molecule has 194 valence electrons. The van der Waals surface area contributed by atoms with Gasteiger partial charge in [-0.05, 0) is 62.6 Å². The highest BCUT2D eigenvalue weighted by Gasteiger charge is 2.53. The number of hydrogen-bond donors (Lipinski definition) is 2. The zero-order valence-corrected chi connectivity index (χ0v) is 21.7. The molecule has 1 saturated carbocycles. The quantitative estimate of drug-likeness (QED) is 0.505. The van der Waals surface area contributed by atoms with Crippen LogP contribution in [0.2, 0.25) is 0 Å². The van der Waals surface area contributed by atoms with Gasteiger partial charge in [0, 0.05) is 37.1 Å². The van der Waals surface area contributed by atoms with Crippen LogP contribution in [0.5, 0.6) is 0 Å². The molecule has 0 bridgehead atoms. The minimum Gasteiger partial charge on any atom is -0.377 e. The van der Waals surface area contributed by atoms with Crippen molar-refractivity contribution in [3.05, 3.63) is 60.4 Å². The molecule has 5 rings (SSSR count). The Kier molecular flexibility index (Phi) is 6.82. The maximum absolute atomic E-state index is 13.9. The van der Waals surface area contributed by atoms with Gasteiger partial charge in [-0.25, -0.2) is 28.2 Å². The first-order chi connectivity index (χ1) is 17.8. The number of aromatic nitrogens is 3. The Morgan fingerprint density at radius 3 is 2.54 bits per heavy atom. The molecular weight excluding hydrogens is 492 g/mol. The zero-order chi connectivity index (χ0) is 26.0. The molecule has 2 aliphatic rings.